The molecule has 2 aliphatic rings. The zero-order valence-corrected chi connectivity index (χ0v) is 23.7. The quantitative estimate of drug-likeness (QED) is 0.314. The number of imide groups is 1. The number of aromatic nitrogens is 1. The lowest BCUT2D eigenvalue weighted by molar-refractivity contribution is 0.00351. The van der Waals surface area contributed by atoms with E-state index in [2.05, 4.69) is 4.98 Å². The van der Waals surface area contributed by atoms with Crippen LogP contribution in [-0.2, 0) is 22.5 Å². The van der Waals surface area contributed by atoms with Crippen LogP contribution in [0.4, 0.5) is 5.00 Å². The molecule has 0 bridgehead atoms. The molecule has 1 unspecified atom stereocenters. The van der Waals surface area contributed by atoms with E-state index in [1.54, 1.807) is 45.9 Å². The lowest BCUT2D eigenvalue weighted by atomic mass is 10.0. The molecule has 4 heterocycles. The van der Waals surface area contributed by atoms with Gasteiger partial charge in [0.1, 0.15) is 15.6 Å². The third-order valence-corrected chi connectivity index (χ3v) is 8.35. The first kappa shape index (κ1) is 26.7. The summed E-state index contributed by atoms with van der Waals surface area (Å²) in [5.41, 5.74) is 7.86. The SMILES string of the molecule is Cc1cc2c(c(Sc3ccc(Cl)cc3)n1)C(=O)N(CC1Cc3c(sc(N)c3C(=O)OC(C)(C)C)CO1)C2=O. The number of rotatable bonds is 5. The van der Waals surface area contributed by atoms with E-state index in [4.69, 9.17) is 26.8 Å². The molecule has 198 valence electrons. The summed E-state index contributed by atoms with van der Waals surface area (Å²) in [7, 11) is 0. The smallest absolute Gasteiger partial charge is 0.341 e. The van der Waals surface area contributed by atoms with Crippen LogP contribution in [0, 0.1) is 6.92 Å². The summed E-state index contributed by atoms with van der Waals surface area (Å²) in [5, 5.41) is 1.44. The number of esters is 1. The van der Waals surface area contributed by atoms with E-state index in [0.717, 1.165) is 15.3 Å². The fraction of sp³-hybridized carbons (Fsp3) is 0.333. The van der Waals surface area contributed by atoms with Crippen molar-refractivity contribution in [3.8, 4) is 0 Å². The van der Waals surface area contributed by atoms with Crippen molar-refractivity contribution in [2.45, 2.75) is 62.3 Å². The van der Waals surface area contributed by atoms with Crippen molar-refractivity contribution in [3.63, 3.8) is 0 Å². The molecule has 0 aliphatic carbocycles. The maximum Gasteiger partial charge on any atom is 0.341 e. The highest BCUT2D eigenvalue weighted by Gasteiger charge is 2.41. The number of hydrogen-bond acceptors (Lipinski definition) is 9. The van der Waals surface area contributed by atoms with Gasteiger partial charge in [0.25, 0.3) is 11.8 Å². The van der Waals surface area contributed by atoms with Crippen LogP contribution in [0.2, 0.25) is 5.02 Å². The largest absolute Gasteiger partial charge is 0.456 e. The highest BCUT2D eigenvalue weighted by atomic mass is 35.5. The number of pyridine rings is 1. The van der Waals surface area contributed by atoms with Gasteiger partial charge >= 0.3 is 5.97 Å². The maximum atomic E-state index is 13.5. The number of benzene rings is 1. The van der Waals surface area contributed by atoms with Crippen LogP contribution < -0.4 is 5.73 Å². The van der Waals surface area contributed by atoms with Crippen molar-refractivity contribution >= 4 is 57.5 Å². The fourth-order valence-corrected chi connectivity index (χ4v) is 6.59. The highest BCUT2D eigenvalue weighted by molar-refractivity contribution is 7.99. The molecule has 8 nitrogen and oxygen atoms in total. The van der Waals surface area contributed by atoms with Gasteiger partial charge in [-0.3, -0.25) is 14.5 Å². The van der Waals surface area contributed by atoms with Gasteiger partial charge in [0, 0.05) is 26.9 Å². The van der Waals surface area contributed by atoms with E-state index in [-0.39, 0.29) is 24.6 Å². The van der Waals surface area contributed by atoms with E-state index in [1.165, 1.54) is 28.0 Å². The molecule has 0 fully saturated rings. The number of aryl methyl sites for hydroxylation is 1. The molecule has 0 saturated carbocycles. The average Bonchev–Trinajstić information content (AvgIpc) is 3.27. The van der Waals surface area contributed by atoms with E-state index in [1.807, 2.05) is 12.1 Å². The molecule has 0 saturated heterocycles. The van der Waals surface area contributed by atoms with Crippen LogP contribution in [0.1, 0.15) is 68.0 Å². The lowest BCUT2D eigenvalue weighted by Crippen LogP contribution is -2.40. The van der Waals surface area contributed by atoms with Gasteiger partial charge in [-0.05, 0) is 63.6 Å². The third-order valence-electron chi connectivity index (χ3n) is 6.07. The second kappa shape index (κ2) is 10.00. The number of carbonyl (C=O) groups is 3. The molecule has 2 N–H and O–H groups in total. The molecule has 3 aromatic rings. The molecule has 11 heteroatoms. The molecule has 0 spiro atoms. The normalized spacial score (nSPS) is 17.0. The van der Waals surface area contributed by atoms with Crippen molar-refractivity contribution < 1.29 is 23.9 Å². The number of ether oxygens (including phenoxy) is 2. The minimum absolute atomic E-state index is 0.0411. The Morgan fingerprint density at radius 3 is 2.66 bits per heavy atom. The lowest BCUT2D eigenvalue weighted by Gasteiger charge is -2.27. The number of nitrogens with two attached hydrogens (primary N) is 1. The summed E-state index contributed by atoms with van der Waals surface area (Å²) < 4.78 is 11.6. The Morgan fingerprint density at radius 1 is 1.26 bits per heavy atom. The monoisotopic (exact) mass is 571 g/mol. The van der Waals surface area contributed by atoms with Gasteiger partial charge in [-0.15, -0.1) is 11.3 Å². The number of fused-ring (bicyclic) bond motifs is 2. The van der Waals surface area contributed by atoms with E-state index in [0.29, 0.717) is 38.3 Å². The predicted octanol–water partition coefficient (Wildman–Crippen LogP) is 5.53. The van der Waals surface area contributed by atoms with Gasteiger partial charge < -0.3 is 15.2 Å². The molecule has 5 rings (SSSR count). The highest BCUT2D eigenvalue weighted by Crippen LogP contribution is 2.39. The van der Waals surface area contributed by atoms with Gasteiger partial charge in [-0.25, -0.2) is 9.78 Å². The first-order valence-corrected chi connectivity index (χ1v) is 14.0. The molecule has 1 aromatic carbocycles. The number of amides is 2. The second-order valence-electron chi connectivity index (χ2n) is 10.2. The first-order valence-electron chi connectivity index (χ1n) is 12.0. The van der Waals surface area contributed by atoms with Crippen LogP contribution in [0.25, 0.3) is 0 Å². The van der Waals surface area contributed by atoms with Crippen molar-refractivity contribution in [2.75, 3.05) is 12.3 Å². The molecule has 2 aromatic heterocycles. The van der Waals surface area contributed by atoms with Crippen LogP contribution in [0.15, 0.2) is 40.3 Å². The zero-order chi connectivity index (χ0) is 27.4. The predicted molar refractivity (Wildman–Crippen MR) is 146 cm³/mol. The van der Waals surface area contributed by atoms with Crippen molar-refractivity contribution in [1.29, 1.82) is 0 Å². The number of thiophene rings is 1. The summed E-state index contributed by atoms with van der Waals surface area (Å²) >= 11 is 8.61. The molecule has 2 amide bonds. The first-order chi connectivity index (χ1) is 17.9. The Bertz CT molecular complexity index is 1460. The van der Waals surface area contributed by atoms with Gasteiger partial charge in [-0.2, -0.15) is 0 Å². The summed E-state index contributed by atoms with van der Waals surface area (Å²) in [6.07, 6.45) is -0.171. The van der Waals surface area contributed by atoms with Gasteiger partial charge in [0.15, 0.2) is 0 Å². The Hall–Kier alpha value is -2.92. The minimum atomic E-state index is -0.670. The third kappa shape index (κ3) is 5.18. The summed E-state index contributed by atoms with van der Waals surface area (Å²) in [6, 6.07) is 8.84. The van der Waals surface area contributed by atoms with Gasteiger partial charge in [0.05, 0.1) is 35.9 Å². The van der Waals surface area contributed by atoms with Crippen molar-refractivity contribution in [3.05, 3.63) is 68.2 Å². The number of halogens is 1. The van der Waals surface area contributed by atoms with Crippen LogP contribution in [0.3, 0.4) is 0 Å². The Balaban J connectivity index is 1.38. The molecule has 0 radical (unpaired) electrons. The molecule has 2 aliphatic heterocycles. The van der Waals surface area contributed by atoms with Crippen molar-refractivity contribution in [1.82, 2.24) is 9.88 Å². The summed E-state index contributed by atoms with van der Waals surface area (Å²) in [5.74, 6) is -1.29. The maximum absolute atomic E-state index is 13.5. The van der Waals surface area contributed by atoms with Gasteiger partial charge in [0.2, 0.25) is 0 Å². The Kier molecular flexibility index (Phi) is 7.02. The second-order valence-corrected chi connectivity index (χ2v) is 12.8. The Morgan fingerprint density at radius 2 is 1.97 bits per heavy atom. The zero-order valence-electron chi connectivity index (χ0n) is 21.3. The van der Waals surface area contributed by atoms with E-state index < -0.39 is 23.6 Å². The summed E-state index contributed by atoms with van der Waals surface area (Å²) in [6.45, 7) is 7.45. The molecular weight excluding hydrogens is 546 g/mol. The fourth-order valence-electron chi connectivity index (χ4n) is 4.47. The number of carbonyl (C=O) groups excluding carboxylic acids is 3. The number of hydrogen-bond donors (Lipinski definition) is 1. The minimum Gasteiger partial charge on any atom is -0.456 e. The molecular formula is C27H26ClN3O5S2. The molecule has 1 atom stereocenters. The van der Waals surface area contributed by atoms with E-state index in [9.17, 15) is 14.4 Å². The number of nitrogen functional groups attached to an aromatic ring is 1. The van der Waals surface area contributed by atoms with Crippen LogP contribution >= 0.6 is 34.7 Å². The van der Waals surface area contributed by atoms with Crippen molar-refractivity contribution in [2.24, 2.45) is 0 Å². The number of nitrogens with zero attached hydrogens (tertiary/aromatic N) is 2. The number of anilines is 1. The standard InChI is InChI=1S/C27H26ClN3O5S2/c1-13-9-18-21(23(30-13)37-16-7-5-14(28)6-8-16)25(33)31(24(18)32)11-15-10-17-19(12-35-15)38-22(29)20(17)26(34)36-27(2,3)4/h5-9,15H,10-12,29H2,1-4H3. The van der Waals surface area contributed by atoms with Gasteiger partial charge in [-0.1, -0.05) is 23.4 Å². The van der Waals surface area contributed by atoms with E-state index >= 15 is 0 Å². The Labute approximate surface area is 233 Å². The van der Waals surface area contributed by atoms with Crippen LogP contribution in [-0.4, -0.2) is 45.9 Å². The molecule has 38 heavy (non-hydrogen) atoms. The average molecular weight is 572 g/mol. The topological polar surface area (TPSA) is 112 Å². The van der Waals surface area contributed by atoms with Crippen LogP contribution in [0.5, 0.6) is 0 Å². The summed E-state index contributed by atoms with van der Waals surface area (Å²) in [4.78, 5) is 47.2.